The number of hydrogen-bond donors (Lipinski definition) is 2. The molecule has 0 spiro atoms. The van der Waals surface area contributed by atoms with Crippen molar-refractivity contribution in [1.82, 2.24) is 4.72 Å². The molecule has 3 N–H and O–H groups in total. The topological polar surface area (TPSA) is 81.4 Å². The summed E-state index contributed by atoms with van der Waals surface area (Å²) in [5.41, 5.74) is 5.89. The van der Waals surface area contributed by atoms with E-state index in [9.17, 15) is 8.42 Å². The van der Waals surface area contributed by atoms with E-state index in [1.165, 1.54) is 13.2 Å². The SMILES string of the molecule is COc1ccc(C#CCN)cc1S(=O)(=O)NCCSC. The van der Waals surface area contributed by atoms with Gasteiger partial charge in [0.05, 0.1) is 13.7 Å². The Morgan fingerprint density at radius 3 is 2.80 bits per heavy atom. The molecule has 1 aromatic carbocycles. The number of nitrogens with two attached hydrogens (primary N) is 1. The molecule has 0 unspecified atom stereocenters. The molecule has 1 rings (SSSR count). The Balaban J connectivity index is 3.12. The van der Waals surface area contributed by atoms with Crippen molar-refractivity contribution in [2.75, 3.05) is 32.2 Å². The van der Waals surface area contributed by atoms with Crippen molar-refractivity contribution in [2.45, 2.75) is 4.90 Å². The molecule has 0 atom stereocenters. The Morgan fingerprint density at radius 2 is 2.20 bits per heavy atom. The van der Waals surface area contributed by atoms with Crippen LogP contribution in [0.2, 0.25) is 0 Å². The van der Waals surface area contributed by atoms with E-state index >= 15 is 0 Å². The maximum atomic E-state index is 12.2. The third-order valence-electron chi connectivity index (χ3n) is 2.39. The monoisotopic (exact) mass is 314 g/mol. The first kappa shape index (κ1) is 16.9. The first-order valence-electron chi connectivity index (χ1n) is 5.90. The number of nitrogens with one attached hydrogen (secondary N) is 1. The maximum Gasteiger partial charge on any atom is 0.244 e. The predicted octanol–water partition coefficient (Wildman–Crippen LogP) is 0.647. The minimum Gasteiger partial charge on any atom is -0.495 e. The largest absolute Gasteiger partial charge is 0.495 e. The minimum atomic E-state index is -3.61. The molecule has 0 aliphatic heterocycles. The lowest BCUT2D eigenvalue weighted by atomic mass is 10.2. The fourth-order valence-corrected chi connectivity index (χ4v) is 3.13. The first-order valence-corrected chi connectivity index (χ1v) is 8.78. The van der Waals surface area contributed by atoms with Crippen LogP contribution in [0, 0.1) is 11.8 Å². The summed E-state index contributed by atoms with van der Waals surface area (Å²) in [5.74, 6) is 6.49. The van der Waals surface area contributed by atoms with Gasteiger partial charge in [0, 0.05) is 17.9 Å². The molecule has 0 saturated heterocycles. The number of methoxy groups -OCH3 is 1. The van der Waals surface area contributed by atoms with Crippen molar-refractivity contribution in [3.8, 4) is 17.6 Å². The third-order valence-corrected chi connectivity index (χ3v) is 4.48. The van der Waals surface area contributed by atoms with Crippen LogP contribution < -0.4 is 15.2 Å². The number of sulfonamides is 1. The summed E-state index contributed by atoms with van der Waals surface area (Å²) in [7, 11) is -2.18. The van der Waals surface area contributed by atoms with Gasteiger partial charge >= 0.3 is 0 Å². The quantitative estimate of drug-likeness (QED) is 0.595. The molecule has 0 bridgehead atoms. The maximum absolute atomic E-state index is 12.2. The van der Waals surface area contributed by atoms with Crippen LogP contribution in [0.4, 0.5) is 0 Å². The van der Waals surface area contributed by atoms with Gasteiger partial charge in [-0.05, 0) is 24.5 Å². The minimum absolute atomic E-state index is 0.0879. The van der Waals surface area contributed by atoms with Crippen LogP contribution >= 0.6 is 11.8 Å². The molecule has 0 amide bonds. The van der Waals surface area contributed by atoms with E-state index in [1.807, 2.05) is 6.26 Å². The molecule has 0 heterocycles. The summed E-state index contributed by atoms with van der Waals surface area (Å²) in [6.45, 7) is 0.589. The molecule has 1 aromatic rings. The molecule has 0 radical (unpaired) electrons. The van der Waals surface area contributed by atoms with Gasteiger partial charge in [0.15, 0.2) is 0 Å². The van der Waals surface area contributed by atoms with Gasteiger partial charge in [-0.25, -0.2) is 13.1 Å². The molecule has 0 aromatic heterocycles. The summed E-state index contributed by atoms with van der Waals surface area (Å²) < 4.78 is 32.1. The Morgan fingerprint density at radius 1 is 1.45 bits per heavy atom. The highest BCUT2D eigenvalue weighted by Gasteiger charge is 2.19. The molecule has 110 valence electrons. The number of hydrogen-bond acceptors (Lipinski definition) is 5. The van der Waals surface area contributed by atoms with Crippen LogP contribution in [0.25, 0.3) is 0 Å². The molecule has 5 nitrogen and oxygen atoms in total. The third kappa shape index (κ3) is 4.72. The lowest BCUT2D eigenvalue weighted by Crippen LogP contribution is -2.26. The van der Waals surface area contributed by atoms with Gasteiger partial charge in [0.1, 0.15) is 10.6 Å². The molecule has 7 heteroatoms. The number of ether oxygens (including phenoxy) is 1. The second kappa shape index (κ2) is 8.17. The number of benzene rings is 1. The fraction of sp³-hybridized carbons (Fsp3) is 0.385. The molecule has 0 aliphatic rings. The van der Waals surface area contributed by atoms with E-state index in [0.29, 0.717) is 23.6 Å². The average Bonchev–Trinajstić information content (AvgIpc) is 2.45. The smallest absolute Gasteiger partial charge is 0.244 e. The Kier molecular flexibility index (Phi) is 6.88. The zero-order chi connectivity index (χ0) is 15.0. The highest BCUT2D eigenvalue weighted by molar-refractivity contribution is 7.98. The van der Waals surface area contributed by atoms with Crippen LogP contribution in [-0.4, -0.2) is 40.6 Å². The lowest BCUT2D eigenvalue weighted by molar-refractivity contribution is 0.402. The Labute approximate surface area is 124 Å². The molecule has 20 heavy (non-hydrogen) atoms. The number of rotatable bonds is 6. The number of thioether (sulfide) groups is 1. The van der Waals surface area contributed by atoms with Crippen LogP contribution in [0.15, 0.2) is 23.1 Å². The second-order valence-corrected chi connectivity index (χ2v) is 6.48. The van der Waals surface area contributed by atoms with Crippen molar-refractivity contribution in [3.63, 3.8) is 0 Å². The van der Waals surface area contributed by atoms with Crippen LogP contribution in [0.5, 0.6) is 5.75 Å². The molecule has 0 aliphatic carbocycles. The molecular weight excluding hydrogens is 296 g/mol. The van der Waals surface area contributed by atoms with Gasteiger partial charge in [0.2, 0.25) is 10.0 Å². The van der Waals surface area contributed by atoms with E-state index in [0.717, 1.165) is 0 Å². The molecule has 0 saturated carbocycles. The highest BCUT2D eigenvalue weighted by Crippen LogP contribution is 2.24. The zero-order valence-electron chi connectivity index (χ0n) is 11.5. The van der Waals surface area contributed by atoms with Crippen molar-refractivity contribution in [3.05, 3.63) is 23.8 Å². The lowest BCUT2D eigenvalue weighted by Gasteiger charge is -2.10. The highest BCUT2D eigenvalue weighted by atomic mass is 32.2. The van der Waals surface area contributed by atoms with Crippen LogP contribution in [0.1, 0.15) is 5.56 Å². The van der Waals surface area contributed by atoms with Crippen LogP contribution in [0.3, 0.4) is 0 Å². The van der Waals surface area contributed by atoms with E-state index in [2.05, 4.69) is 16.6 Å². The van der Waals surface area contributed by atoms with Gasteiger partial charge < -0.3 is 10.5 Å². The van der Waals surface area contributed by atoms with E-state index in [4.69, 9.17) is 10.5 Å². The summed E-state index contributed by atoms with van der Waals surface area (Å²) in [5, 5.41) is 0. The molecule has 0 fully saturated rings. The van der Waals surface area contributed by atoms with Gasteiger partial charge in [-0.1, -0.05) is 11.8 Å². The van der Waals surface area contributed by atoms with Gasteiger partial charge in [-0.2, -0.15) is 11.8 Å². The summed E-state index contributed by atoms with van der Waals surface area (Å²) in [6.07, 6.45) is 1.91. The predicted molar refractivity (Wildman–Crippen MR) is 82.5 cm³/mol. The van der Waals surface area contributed by atoms with E-state index in [-0.39, 0.29) is 11.4 Å². The second-order valence-electron chi connectivity index (χ2n) is 3.76. The summed E-state index contributed by atoms with van der Waals surface area (Å²) in [6, 6.07) is 4.77. The standard InChI is InChI=1S/C13H18N2O3S2/c1-18-12-6-5-11(4-3-7-14)10-13(12)20(16,17)15-8-9-19-2/h5-6,10,15H,7-9,14H2,1-2H3. The van der Waals surface area contributed by atoms with E-state index in [1.54, 1.807) is 23.9 Å². The Hall–Kier alpha value is -1.20. The van der Waals surface area contributed by atoms with Gasteiger partial charge in [-0.3, -0.25) is 0 Å². The zero-order valence-corrected chi connectivity index (χ0v) is 13.1. The average molecular weight is 314 g/mol. The first-order chi connectivity index (χ1) is 9.55. The van der Waals surface area contributed by atoms with E-state index < -0.39 is 10.0 Å². The van der Waals surface area contributed by atoms with Gasteiger partial charge in [0.25, 0.3) is 0 Å². The van der Waals surface area contributed by atoms with Crippen molar-refractivity contribution < 1.29 is 13.2 Å². The van der Waals surface area contributed by atoms with Gasteiger partial charge in [-0.15, -0.1) is 0 Å². The van der Waals surface area contributed by atoms with Crippen molar-refractivity contribution >= 4 is 21.8 Å². The Bertz CT molecular complexity index is 604. The summed E-state index contributed by atoms with van der Waals surface area (Å²) in [4.78, 5) is 0.0879. The van der Waals surface area contributed by atoms with Crippen LogP contribution in [-0.2, 0) is 10.0 Å². The fourth-order valence-electron chi connectivity index (χ4n) is 1.47. The summed E-state index contributed by atoms with van der Waals surface area (Å²) >= 11 is 1.57. The van der Waals surface area contributed by atoms with Crippen molar-refractivity contribution in [2.24, 2.45) is 5.73 Å². The van der Waals surface area contributed by atoms with Crippen molar-refractivity contribution in [1.29, 1.82) is 0 Å². The molecular formula is C13H18N2O3S2. The normalized spacial score (nSPS) is 10.8.